The average Bonchev–Trinajstić information content (AvgIpc) is 2.81. The van der Waals surface area contributed by atoms with Crippen LogP contribution in [0.1, 0.15) is 41.0 Å². The summed E-state index contributed by atoms with van der Waals surface area (Å²) in [5.41, 5.74) is 6.89. The van der Waals surface area contributed by atoms with Crippen molar-refractivity contribution in [2.75, 3.05) is 13.1 Å². The lowest BCUT2D eigenvalue weighted by atomic mass is 9.72. The summed E-state index contributed by atoms with van der Waals surface area (Å²) in [6.45, 7) is 5.36. The number of aryl methyl sites for hydroxylation is 1. The van der Waals surface area contributed by atoms with E-state index in [1.54, 1.807) is 0 Å². The van der Waals surface area contributed by atoms with E-state index in [0.717, 1.165) is 6.54 Å². The molecule has 0 aromatic heterocycles. The molecule has 1 atom stereocenters. The van der Waals surface area contributed by atoms with Crippen LogP contribution in [-0.2, 0) is 6.54 Å². The number of rotatable bonds is 5. The SMILES string of the molecule is Cc1ccccc1CN=C1C2CCN(CC2)C1C(c1ccccc1)c1ccccc1. The maximum Gasteiger partial charge on any atom is 0.0642 e. The predicted octanol–water partition coefficient (Wildman–Crippen LogP) is 5.86. The highest BCUT2D eigenvalue weighted by Gasteiger charge is 2.43. The van der Waals surface area contributed by atoms with E-state index in [0.29, 0.717) is 17.9 Å². The molecule has 3 aliphatic rings. The summed E-state index contributed by atoms with van der Waals surface area (Å²) in [7, 11) is 0. The van der Waals surface area contributed by atoms with Crippen LogP contribution in [0.4, 0.5) is 0 Å². The van der Waals surface area contributed by atoms with Crippen molar-refractivity contribution in [1.82, 2.24) is 4.90 Å². The van der Waals surface area contributed by atoms with Gasteiger partial charge in [0.25, 0.3) is 0 Å². The van der Waals surface area contributed by atoms with E-state index in [1.165, 1.54) is 53.9 Å². The molecule has 0 N–H and O–H groups in total. The molecule has 0 aliphatic carbocycles. The Morgan fingerprint density at radius 3 is 1.97 bits per heavy atom. The molecule has 2 bridgehead atoms. The minimum absolute atomic E-state index is 0.325. The van der Waals surface area contributed by atoms with Gasteiger partial charge in [-0.3, -0.25) is 9.89 Å². The summed E-state index contributed by atoms with van der Waals surface area (Å²) < 4.78 is 0. The molecule has 3 aromatic carbocycles. The third-order valence-electron chi connectivity index (χ3n) is 6.97. The predicted molar refractivity (Wildman–Crippen MR) is 125 cm³/mol. The van der Waals surface area contributed by atoms with Crippen LogP contribution in [-0.4, -0.2) is 29.7 Å². The zero-order valence-corrected chi connectivity index (χ0v) is 17.7. The van der Waals surface area contributed by atoms with E-state index < -0.39 is 0 Å². The first-order chi connectivity index (χ1) is 14.8. The first-order valence-corrected chi connectivity index (χ1v) is 11.2. The zero-order chi connectivity index (χ0) is 20.3. The number of hydrogen-bond acceptors (Lipinski definition) is 2. The third kappa shape index (κ3) is 3.73. The summed E-state index contributed by atoms with van der Waals surface area (Å²) in [5, 5.41) is 0. The fraction of sp³-hybridized carbons (Fsp3) is 0.321. The van der Waals surface area contributed by atoms with Crippen LogP contribution < -0.4 is 0 Å². The molecule has 0 radical (unpaired) electrons. The Kier molecular flexibility index (Phi) is 5.50. The van der Waals surface area contributed by atoms with Gasteiger partial charge in [0.1, 0.15) is 0 Å². The van der Waals surface area contributed by atoms with Crippen molar-refractivity contribution < 1.29 is 0 Å². The molecule has 3 aliphatic heterocycles. The minimum atomic E-state index is 0.325. The summed E-state index contributed by atoms with van der Waals surface area (Å²) >= 11 is 0. The maximum atomic E-state index is 5.33. The summed E-state index contributed by atoms with van der Waals surface area (Å²) in [6.07, 6.45) is 2.50. The van der Waals surface area contributed by atoms with Gasteiger partial charge in [-0.2, -0.15) is 0 Å². The zero-order valence-electron chi connectivity index (χ0n) is 17.7. The Balaban J connectivity index is 1.57. The molecule has 6 rings (SSSR count). The van der Waals surface area contributed by atoms with Crippen molar-refractivity contribution in [3.8, 4) is 0 Å². The summed E-state index contributed by atoms with van der Waals surface area (Å²) in [4.78, 5) is 8.02. The molecular formula is C28H30N2. The second-order valence-electron chi connectivity index (χ2n) is 8.72. The van der Waals surface area contributed by atoms with Gasteiger partial charge in [-0.15, -0.1) is 0 Å². The molecule has 1 unspecified atom stereocenters. The van der Waals surface area contributed by atoms with Crippen LogP contribution in [0.3, 0.4) is 0 Å². The number of piperidine rings is 3. The molecule has 3 aromatic rings. The second kappa shape index (κ2) is 8.57. The van der Waals surface area contributed by atoms with Gasteiger partial charge in [-0.25, -0.2) is 0 Å². The number of nitrogens with zero attached hydrogens (tertiary/aromatic N) is 2. The van der Waals surface area contributed by atoms with E-state index in [1.807, 2.05) is 0 Å². The third-order valence-corrected chi connectivity index (χ3v) is 6.97. The first-order valence-electron chi connectivity index (χ1n) is 11.2. The van der Waals surface area contributed by atoms with Crippen LogP contribution in [0.2, 0.25) is 0 Å². The highest BCUT2D eigenvalue weighted by molar-refractivity contribution is 5.94. The van der Waals surface area contributed by atoms with Gasteiger partial charge in [-0.05, 0) is 55.1 Å². The van der Waals surface area contributed by atoms with E-state index >= 15 is 0 Å². The van der Waals surface area contributed by atoms with E-state index in [-0.39, 0.29) is 0 Å². The molecule has 2 heteroatoms. The van der Waals surface area contributed by atoms with Gasteiger partial charge in [0.05, 0.1) is 12.6 Å². The largest absolute Gasteiger partial charge is 0.294 e. The normalized spacial score (nSPS) is 24.5. The minimum Gasteiger partial charge on any atom is -0.294 e. The van der Waals surface area contributed by atoms with Crippen molar-refractivity contribution in [3.63, 3.8) is 0 Å². The topological polar surface area (TPSA) is 15.6 Å². The van der Waals surface area contributed by atoms with Crippen molar-refractivity contribution >= 4 is 5.71 Å². The van der Waals surface area contributed by atoms with Crippen molar-refractivity contribution in [2.45, 2.75) is 38.3 Å². The highest BCUT2D eigenvalue weighted by atomic mass is 15.2. The van der Waals surface area contributed by atoms with E-state index in [4.69, 9.17) is 4.99 Å². The number of hydrogen-bond donors (Lipinski definition) is 0. The van der Waals surface area contributed by atoms with Crippen LogP contribution in [0, 0.1) is 12.8 Å². The molecule has 152 valence electrons. The molecule has 30 heavy (non-hydrogen) atoms. The van der Waals surface area contributed by atoms with Gasteiger partial charge < -0.3 is 0 Å². The number of fused-ring (bicyclic) bond motifs is 3. The fourth-order valence-electron chi connectivity index (χ4n) is 5.35. The Bertz CT molecular complexity index is 962. The van der Waals surface area contributed by atoms with Crippen LogP contribution in [0.25, 0.3) is 0 Å². The standard InChI is InChI=1S/C28H30N2/c1-21-10-8-9-15-25(21)20-29-27-24-16-18-30(19-17-24)28(27)26(22-11-4-2-5-12-22)23-13-6-3-7-14-23/h2-15,24,26,28H,16-20H2,1H3. The second-order valence-corrected chi connectivity index (χ2v) is 8.72. The van der Waals surface area contributed by atoms with Crippen molar-refractivity contribution in [1.29, 1.82) is 0 Å². The lowest BCUT2D eigenvalue weighted by molar-refractivity contribution is 0.135. The van der Waals surface area contributed by atoms with E-state index in [9.17, 15) is 0 Å². The van der Waals surface area contributed by atoms with Gasteiger partial charge in [0, 0.05) is 17.5 Å². The van der Waals surface area contributed by atoms with Crippen molar-refractivity contribution in [3.05, 3.63) is 107 Å². The Hall–Kier alpha value is -2.71. The fourth-order valence-corrected chi connectivity index (χ4v) is 5.35. The van der Waals surface area contributed by atoms with Gasteiger partial charge in [-0.1, -0.05) is 84.9 Å². The quantitative estimate of drug-likeness (QED) is 0.529. The smallest absolute Gasteiger partial charge is 0.0642 e. The number of aliphatic imine (C=N–C) groups is 1. The Labute approximate surface area is 180 Å². The Morgan fingerprint density at radius 1 is 0.800 bits per heavy atom. The van der Waals surface area contributed by atoms with Crippen LogP contribution >= 0.6 is 0 Å². The molecule has 0 saturated carbocycles. The lowest BCUT2D eigenvalue weighted by Gasteiger charge is -2.49. The van der Waals surface area contributed by atoms with Gasteiger partial charge in [0.2, 0.25) is 0 Å². The highest BCUT2D eigenvalue weighted by Crippen LogP contribution is 2.40. The monoisotopic (exact) mass is 394 g/mol. The first kappa shape index (κ1) is 19.3. The molecule has 3 saturated heterocycles. The molecule has 2 nitrogen and oxygen atoms in total. The molecule has 3 fully saturated rings. The van der Waals surface area contributed by atoms with Gasteiger partial charge in [0.15, 0.2) is 0 Å². The Morgan fingerprint density at radius 2 is 1.37 bits per heavy atom. The van der Waals surface area contributed by atoms with Gasteiger partial charge >= 0.3 is 0 Å². The van der Waals surface area contributed by atoms with Crippen LogP contribution in [0.15, 0.2) is 89.9 Å². The molecular weight excluding hydrogens is 364 g/mol. The lowest BCUT2D eigenvalue weighted by Crippen LogP contribution is -2.58. The summed E-state index contributed by atoms with van der Waals surface area (Å²) in [6, 6.07) is 31.1. The number of benzene rings is 3. The average molecular weight is 395 g/mol. The molecule has 3 heterocycles. The van der Waals surface area contributed by atoms with Crippen molar-refractivity contribution in [2.24, 2.45) is 10.9 Å². The summed E-state index contributed by atoms with van der Waals surface area (Å²) in [5.74, 6) is 0.949. The molecule has 0 amide bonds. The van der Waals surface area contributed by atoms with Crippen LogP contribution in [0.5, 0.6) is 0 Å². The molecule has 0 spiro atoms. The van der Waals surface area contributed by atoms with E-state index in [2.05, 4.69) is 96.8 Å². The maximum absolute atomic E-state index is 5.33.